The Morgan fingerprint density at radius 2 is 2.06 bits per heavy atom. The summed E-state index contributed by atoms with van der Waals surface area (Å²) in [5.74, 6) is -0.174. The molecule has 1 heterocycles. The maximum atomic E-state index is 12.7. The van der Waals surface area contributed by atoms with E-state index in [1.54, 1.807) is 0 Å². The van der Waals surface area contributed by atoms with E-state index in [1.807, 2.05) is 12.1 Å². The summed E-state index contributed by atoms with van der Waals surface area (Å²) in [6.07, 6.45) is 2.97. The number of benzene rings is 1. The van der Waals surface area contributed by atoms with E-state index in [9.17, 15) is 4.39 Å². The molecular weight excluding hydrogens is 203 g/mol. The molecule has 1 atom stereocenters. The molecule has 1 saturated heterocycles. The quantitative estimate of drug-likeness (QED) is 0.845. The van der Waals surface area contributed by atoms with Crippen LogP contribution in [0.2, 0.25) is 0 Å². The van der Waals surface area contributed by atoms with Crippen LogP contribution in [0.4, 0.5) is 4.39 Å². The van der Waals surface area contributed by atoms with E-state index < -0.39 is 0 Å². The van der Waals surface area contributed by atoms with Gasteiger partial charge < -0.3 is 10.6 Å². The van der Waals surface area contributed by atoms with Gasteiger partial charge in [0.25, 0.3) is 0 Å². The second-order valence-corrected chi connectivity index (χ2v) is 4.98. The van der Waals surface area contributed by atoms with Crippen molar-refractivity contribution in [2.45, 2.75) is 24.8 Å². The third-order valence-electron chi connectivity index (χ3n) is 3.40. The molecule has 0 aromatic heterocycles. The molecule has 88 valence electrons. The number of nitrogens with zero attached hydrogens (tertiary/aromatic N) is 1. The van der Waals surface area contributed by atoms with Crippen molar-refractivity contribution in [2.24, 2.45) is 5.73 Å². The zero-order chi connectivity index (χ0) is 11.6. The van der Waals surface area contributed by atoms with Gasteiger partial charge in [-0.15, -0.1) is 0 Å². The Hall–Kier alpha value is -0.930. The van der Waals surface area contributed by atoms with Crippen molar-refractivity contribution in [1.29, 1.82) is 0 Å². The Labute approximate surface area is 96.2 Å². The molecule has 1 fully saturated rings. The highest BCUT2D eigenvalue weighted by molar-refractivity contribution is 5.16. The summed E-state index contributed by atoms with van der Waals surface area (Å²) >= 11 is 0. The van der Waals surface area contributed by atoms with Crippen LogP contribution in [0.25, 0.3) is 0 Å². The van der Waals surface area contributed by atoms with E-state index in [1.165, 1.54) is 17.7 Å². The zero-order valence-corrected chi connectivity index (χ0v) is 9.75. The third-order valence-corrected chi connectivity index (χ3v) is 3.40. The summed E-state index contributed by atoms with van der Waals surface area (Å²) in [6, 6.07) is 6.72. The first-order chi connectivity index (χ1) is 7.57. The number of nitrogens with two attached hydrogens (primary N) is 1. The Balaban J connectivity index is 1.90. The summed E-state index contributed by atoms with van der Waals surface area (Å²) in [4.78, 5) is 2.27. The van der Waals surface area contributed by atoms with Crippen molar-refractivity contribution in [3.63, 3.8) is 0 Å². The SMILES string of the molecule is CN1CCC(N)(CCc2ccc(F)cc2)C1. The molecule has 0 radical (unpaired) electrons. The van der Waals surface area contributed by atoms with E-state index in [4.69, 9.17) is 5.73 Å². The molecule has 1 aliphatic heterocycles. The molecule has 0 bridgehead atoms. The second-order valence-electron chi connectivity index (χ2n) is 4.98. The van der Waals surface area contributed by atoms with Gasteiger partial charge in [0.15, 0.2) is 0 Å². The van der Waals surface area contributed by atoms with E-state index in [2.05, 4.69) is 11.9 Å². The van der Waals surface area contributed by atoms with E-state index in [0.29, 0.717) is 0 Å². The highest BCUT2D eigenvalue weighted by Gasteiger charge is 2.31. The van der Waals surface area contributed by atoms with Gasteiger partial charge in [0, 0.05) is 12.1 Å². The molecule has 0 saturated carbocycles. The Kier molecular flexibility index (Phi) is 3.26. The highest BCUT2D eigenvalue weighted by Crippen LogP contribution is 2.22. The average molecular weight is 222 g/mol. The van der Waals surface area contributed by atoms with Gasteiger partial charge in [0.05, 0.1) is 0 Å². The lowest BCUT2D eigenvalue weighted by Crippen LogP contribution is -2.42. The van der Waals surface area contributed by atoms with Crippen molar-refractivity contribution in [2.75, 3.05) is 20.1 Å². The van der Waals surface area contributed by atoms with Crippen molar-refractivity contribution < 1.29 is 4.39 Å². The van der Waals surface area contributed by atoms with Gasteiger partial charge in [-0.1, -0.05) is 12.1 Å². The van der Waals surface area contributed by atoms with Crippen LogP contribution >= 0.6 is 0 Å². The monoisotopic (exact) mass is 222 g/mol. The summed E-state index contributed by atoms with van der Waals surface area (Å²) < 4.78 is 12.7. The fraction of sp³-hybridized carbons (Fsp3) is 0.538. The topological polar surface area (TPSA) is 29.3 Å². The lowest BCUT2D eigenvalue weighted by Gasteiger charge is -2.23. The summed E-state index contributed by atoms with van der Waals surface area (Å²) in [7, 11) is 2.10. The molecule has 1 unspecified atom stereocenters. The summed E-state index contributed by atoms with van der Waals surface area (Å²) in [6.45, 7) is 2.05. The van der Waals surface area contributed by atoms with Crippen LogP contribution in [0.15, 0.2) is 24.3 Å². The van der Waals surface area contributed by atoms with E-state index in [-0.39, 0.29) is 11.4 Å². The maximum absolute atomic E-state index is 12.7. The van der Waals surface area contributed by atoms with Crippen LogP contribution in [0, 0.1) is 5.82 Å². The van der Waals surface area contributed by atoms with Crippen molar-refractivity contribution in [1.82, 2.24) is 4.90 Å². The molecule has 2 N–H and O–H groups in total. The lowest BCUT2D eigenvalue weighted by molar-refractivity contribution is 0.354. The summed E-state index contributed by atoms with van der Waals surface area (Å²) in [5.41, 5.74) is 7.43. The zero-order valence-electron chi connectivity index (χ0n) is 9.75. The van der Waals surface area contributed by atoms with Gasteiger partial charge in [0.1, 0.15) is 5.82 Å². The Bertz CT molecular complexity index is 349. The van der Waals surface area contributed by atoms with Crippen LogP contribution in [-0.2, 0) is 6.42 Å². The average Bonchev–Trinajstić information content (AvgIpc) is 2.59. The first-order valence-corrected chi connectivity index (χ1v) is 5.79. The molecular formula is C13H19FN2. The number of aryl methyl sites for hydroxylation is 1. The first-order valence-electron chi connectivity index (χ1n) is 5.79. The summed E-state index contributed by atoms with van der Waals surface area (Å²) in [5, 5.41) is 0. The molecule has 3 heteroatoms. The largest absolute Gasteiger partial charge is 0.324 e. The normalized spacial score (nSPS) is 26.2. The molecule has 1 aliphatic rings. The number of rotatable bonds is 3. The van der Waals surface area contributed by atoms with Crippen LogP contribution in [0.3, 0.4) is 0 Å². The molecule has 2 nitrogen and oxygen atoms in total. The Morgan fingerprint density at radius 1 is 1.38 bits per heavy atom. The molecule has 2 rings (SSSR count). The van der Waals surface area contributed by atoms with Crippen LogP contribution in [0.5, 0.6) is 0 Å². The molecule has 0 aliphatic carbocycles. The minimum atomic E-state index is -0.174. The number of hydrogen-bond donors (Lipinski definition) is 1. The van der Waals surface area contributed by atoms with Crippen LogP contribution in [0.1, 0.15) is 18.4 Å². The molecule has 0 spiro atoms. The highest BCUT2D eigenvalue weighted by atomic mass is 19.1. The fourth-order valence-corrected chi connectivity index (χ4v) is 2.36. The number of likely N-dealkylation sites (tertiary alicyclic amines) is 1. The number of hydrogen-bond acceptors (Lipinski definition) is 2. The minimum absolute atomic E-state index is 0.0524. The van der Waals surface area contributed by atoms with Gasteiger partial charge in [0.2, 0.25) is 0 Å². The van der Waals surface area contributed by atoms with Gasteiger partial charge in [-0.25, -0.2) is 4.39 Å². The number of likely N-dealkylation sites (N-methyl/N-ethyl adjacent to an activating group) is 1. The predicted molar refractivity (Wildman–Crippen MR) is 63.8 cm³/mol. The molecule has 1 aromatic carbocycles. The smallest absolute Gasteiger partial charge is 0.123 e. The van der Waals surface area contributed by atoms with E-state index >= 15 is 0 Å². The van der Waals surface area contributed by atoms with Crippen LogP contribution < -0.4 is 5.73 Å². The van der Waals surface area contributed by atoms with Gasteiger partial charge >= 0.3 is 0 Å². The third kappa shape index (κ3) is 2.80. The van der Waals surface area contributed by atoms with Crippen molar-refractivity contribution in [3.05, 3.63) is 35.6 Å². The lowest BCUT2D eigenvalue weighted by atomic mass is 9.91. The van der Waals surface area contributed by atoms with Gasteiger partial charge in [-0.3, -0.25) is 0 Å². The van der Waals surface area contributed by atoms with Crippen molar-refractivity contribution >= 4 is 0 Å². The minimum Gasteiger partial charge on any atom is -0.324 e. The Morgan fingerprint density at radius 3 is 2.62 bits per heavy atom. The first kappa shape index (κ1) is 11.6. The van der Waals surface area contributed by atoms with Crippen molar-refractivity contribution in [3.8, 4) is 0 Å². The van der Waals surface area contributed by atoms with Gasteiger partial charge in [-0.2, -0.15) is 0 Å². The molecule has 1 aromatic rings. The predicted octanol–water partition coefficient (Wildman–Crippen LogP) is 1.79. The molecule has 0 amide bonds. The van der Waals surface area contributed by atoms with Crippen LogP contribution in [-0.4, -0.2) is 30.6 Å². The second kappa shape index (κ2) is 4.52. The standard InChI is InChI=1S/C13H19FN2/c1-16-9-8-13(15,10-16)7-6-11-2-4-12(14)5-3-11/h2-5H,6-10,15H2,1H3. The van der Waals surface area contributed by atoms with Gasteiger partial charge in [-0.05, 0) is 50.6 Å². The fourth-order valence-electron chi connectivity index (χ4n) is 2.36. The molecule has 16 heavy (non-hydrogen) atoms. The van der Waals surface area contributed by atoms with E-state index in [0.717, 1.165) is 32.4 Å². The maximum Gasteiger partial charge on any atom is 0.123 e. The number of halogens is 1.